The maximum Gasteiger partial charge on any atom is 0.309 e. The van der Waals surface area contributed by atoms with E-state index in [0.717, 1.165) is 25.5 Å². The Morgan fingerprint density at radius 2 is 1.87 bits per heavy atom. The van der Waals surface area contributed by atoms with Gasteiger partial charge in [-0.05, 0) is 37.5 Å². The highest BCUT2D eigenvalue weighted by Crippen LogP contribution is 2.23. The Morgan fingerprint density at radius 3 is 2.55 bits per heavy atom. The molecule has 31 heavy (non-hydrogen) atoms. The van der Waals surface area contributed by atoms with Crippen molar-refractivity contribution in [3.63, 3.8) is 0 Å². The highest BCUT2D eigenvalue weighted by molar-refractivity contribution is 5.94. The third-order valence-corrected chi connectivity index (χ3v) is 6.10. The number of carbonyl (C=O) groups is 2. The lowest BCUT2D eigenvalue weighted by Gasteiger charge is -2.35. The van der Waals surface area contributed by atoms with Crippen molar-refractivity contribution < 1.29 is 14.3 Å². The molecule has 1 N–H and O–H groups in total. The summed E-state index contributed by atoms with van der Waals surface area (Å²) in [5, 5.41) is 3.56. The third kappa shape index (κ3) is 5.05. The summed E-state index contributed by atoms with van der Waals surface area (Å²) in [5.41, 5.74) is 1.86. The Kier molecular flexibility index (Phi) is 6.82. The second kappa shape index (κ2) is 9.92. The summed E-state index contributed by atoms with van der Waals surface area (Å²) < 4.78 is 5.11. The van der Waals surface area contributed by atoms with Gasteiger partial charge in [0.1, 0.15) is 5.82 Å². The summed E-state index contributed by atoms with van der Waals surface area (Å²) in [7, 11) is 0. The fraction of sp³-hybridized carbons (Fsp3) is 0.458. The standard InChI is InChI=1S/C24H30N4O3/c1-2-31-24(30)19-10-13-27(14-11-19)23(29)20-8-9-22(26-16-20)28-15-12-25-21(17-28)18-6-4-3-5-7-18/h3-9,16,19,21,25H,2,10-15,17H2,1H3. The Morgan fingerprint density at radius 1 is 1.10 bits per heavy atom. The van der Waals surface area contributed by atoms with Crippen molar-refractivity contribution in [1.82, 2.24) is 15.2 Å². The second-order valence-electron chi connectivity index (χ2n) is 8.09. The van der Waals surface area contributed by atoms with E-state index in [1.165, 1.54) is 5.56 Å². The molecule has 4 rings (SSSR count). The van der Waals surface area contributed by atoms with E-state index in [-0.39, 0.29) is 23.8 Å². The minimum atomic E-state index is -0.148. The van der Waals surface area contributed by atoms with Crippen molar-refractivity contribution in [1.29, 1.82) is 0 Å². The van der Waals surface area contributed by atoms with Crippen LogP contribution in [0.2, 0.25) is 0 Å². The van der Waals surface area contributed by atoms with Crippen molar-refractivity contribution in [3.05, 3.63) is 59.8 Å². The van der Waals surface area contributed by atoms with Crippen LogP contribution in [-0.4, -0.2) is 61.1 Å². The van der Waals surface area contributed by atoms with E-state index in [0.29, 0.717) is 38.1 Å². The summed E-state index contributed by atoms with van der Waals surface area (Å²) in [4.78, 5) is 33.4. The lowest BCUT2D eigenvalue weighted by Crippen LogP contribution is -2.46. The van der Waals surface area contributed by atoms with Crippen LogP contribution >= 0.6 is 0 Å². The van der Waals surface area contributed by atoms with E-state index in [2.05, 4.69) is 39.5 Å². The molecule has 2 saturated heterocycles. The van der Waals surface area contributed by atoms with E-state index in [1.54, 1.807) is 6.20 Å². The number of amides is 1. The average Bonchev–Trinajstić information content (AvgIpc) is 2.84. The summed E-state index contributed by atoms with van der Waals surface area (Å²) in [6, 6.07) is 14.5. The van der Waals surface area contributed by atoms with Gasteiger partial charge in [-0.25, -0.2) is 4.98 Å². The molecule has 2 fully saturated rings. The predicted molar refractivity (Wildman–Crippen MR) is 119 cm³/mol. The first-order valence-corrected chi connectivity index (χ1v) is 11.1. The van der Waals surface area contributed by atoms with Gasteiger partial charge in [0.15, 0.2) is 0 Å². The molecule has 0 radical (unpaired) electrons. The molecular formula is C24H30N4O3. The molecule has 7 nitrogen and oxygen atoms in total. The summed E-state index contributed by atoms with van der Waals surface area (Å²) >= 11 is 0. The quantitative estimate of drug-likeness (QED) is 0.747. The maximum atomic E-state index is 12.9. The number of nitrogens with one attached hydrogen (secondary N) is 1. The Bertz CT molecular complexity index is 879. The zero-order valence-corrected chi connectivity index (χ0v) is 18.0. The molecule has 1 aromatic carbocycles. The van der Waals surface area contributed by atoms with Crippen molar-refractivity contribution in [2.45, 2.75) is 25.8 Å². The van der Waals surface area contributed by atoms with Crippen molar-refractivity contribution in [2.24, 2.45) is 5.92 Å². The third-order valence-electron chi connectivity index (χ3n) is 6.10. The van der Waals surface area contributed by atoms with Crippen molar-refractivity contribution in [3.8, 4) is 0 Å². The highest BCUT2D eigenvalue weighted by atomic mass is 16.5. The number of nitrogens with zero attached hydrogens (tertiary/aromatic N) is 3. The minimum Gasteiger partial charge on any atom is -0.466 e. The normalized spacial score (nSPS) is 19.8. The first-order chi connectivity index (χ1) is 15.2. The van der Waals surface area contributed by atoms with Gasteiger partial charge in [-0.1, -0.05) is 30.3 Å². The van der Waals surface area contributed by atoms with E-state index >= 15 is 0 Å². The molecule has 0 spiro atoms. The Balaban J connectivity index is 1.35. The van der Waals surface area contributed by atoms with Crippen LogP contribution in [0, 0.1) is 5.92 Å². The number of anilines is 1. The van der Waals surface area contributed by atoms with Crippen LogP contribution in [-0.2, 0) is 9.53 Å². The Labute approximate surface area is 183 Å². The van der Waals surface area contributed by atoms with E-state index in [9.17, 15) is 9.59 Å². The van der Waals surface area contributed by atoms with Crippen LogP contribution in [0.15, 0.2) is 48.7 Å². The lowest BCUT2D eigenvalue weighted by atomic mass is 9.96. The van der Waals surface area contributed by atoms with Gasteiger partial charge in [0.05, 0.1) is 18.1 Å². The molecule has 3 heterocycles. The van der Waals surface area contributed by atoms with Crippen LogP contribution < -0.4 is 10.2 Å². The van der Waals surface area contributed by atoms with E-state index < -0.39 is 0 Å². The van der Waals surface area contributed by atoms with E-state index in [4.69, 9.17) is 4.74 Å². The number of ether oxygens (including phenoxy) is 1. The van der Waals surface area contributed by atoms with Gasteiger partial charge in [0, 0.05) is 45.0 Å². The second-order valence-corrected chi connectivity index (χ2v) is 8.09. The molecule has 0 bridgehead atoms. The fourth-order valence-electron chi connectivity index (χ4n) is 4.33. The molecule has 2 aromatic rings. The van der Waals surface area contributed by atoms with Gasteiger partial charge >= 0.3 is 5.97 Å². The number of hydrogen-bond donors (Lipinski definition) is 1. The first kappa shape index (κ1) is 21.3. The van der Waals surface area contributed by atoms with Gasteiger partial charge in [0.25, 0.3) is 5.91 Å². The highest BCUT2D eigenvalue weighted by Gasteiger charge is 2.29. The van der Waals surface area contributed by atoms with Gasteiger partial charge in [-0.2, -0.15) is 0 Å². The number of esters is 1. The number of likely N-dealkylation sites (tertiary alicyclic amines) is 1. The molecular weight excluding hydrogens is 392 g/mol. The van der Waals surface area contributed by atoms with Crippen LogP contribution in [0.1, 0.15) is 41.7 Å². The zero-order valence-electron chi connectivity index (χ0n) is 18.0. The van der Waals surface area contributed by atoms with Crippen molar-refractivity contribution >= 4 is 17.7 Å². The number of benzene rings is 1. The van der Waals surface area contributed by atoms with E-state index in [1.807, 2.05) is 30.0 Å². The van der Waals surface area contributed by atoms with Gasteiger partial charge in [-0.3, -0.25) is 9.59 Å². The number of piperazine rings is 1. The molecule has 1 amide bonds. The minimum absolute atomic E-state index is 0.0242. The first-order valence-electron chi connectivity index (χ1n) is 11.1. The SMILES string of the molecule is CCOC(=O)C1CCN(C(=O)c2ccc(N3CCNC(c4ccccc4)C3)nc2)CC1. The fourth-order valence-corrected chi connectivity index (χ4v) is 4.33. The maximum absolute atomic E-state index is 12.9. The monoisotopic (exact) mass is 422 g/mol. The van der Waals surface area contributed by atoms with Gasteiger partial charge in [0.2, 0.25) is 0 Å². The number of aromatic nitrogens is 1. The number of piperidine rings is 1. The molecule has 2 aliphatic heterocycles. The summed E-state index contributed by atoms with van der Waals surface area (Å²) in [6.07, 6.45) is 2.98. The topological polar surface area (TPSA) is 74.8 Å². The molecule has 2 aliphatic rings. The molecule has 7 heteroatoms. The van der Waals surface area contributed by atoms with Gasteiger partial charge < -0.3 is 19.9 Å². The molecule has 0 saturated carbocycles. The zero-order chi connectivity index (χ0) is 21.6. The van der Waals surface area contributed by atoms with Crippen LogP contribution in [0.3, 0.4) is 0 Å². The molecule has 1 atom stereocenters. The molecule has 0 aliphatic carbocycles. The average molecular weight is 423 g/mol. The largest absolute Gasteiger partial charge is 0.466 e. The van der Waals surface area contributed by atoms with Crippen LogP contribution in [0.4, 0.5) is 5.82 Å². The smallest absolute Gasteiger partial charge is 0.309 e. The molecule has 1 aromatic heterocycles. The van der Waals surface area contributed by atoms with Crippen molar-refractivity contribution in [2.75, 3.05) is 44.2 Å². The summed E-state index contributed by atoms with van der Waals surface area (Å²) in [5.74, 6) is 0.615. The number of carbonyl (C=O) groups excluding carboxylic acids is 2. The number of rotatable bonds is 5. The Hall–Kier alpha value is -2.93. The summed E-state index contributed by atoms with van der Waals surface area (Å²) in [6.45, 7) is 5.96. The van der Waals surface area contributed by atoms with Crippen LogP contribution in [0.5, 0.6) is 0 Å². The molecule has 1 unspecified atom stereocenters. The molecule has 164 valence electrons. The predicted octanol–water partition coefficient (Wildman–Crippen LogP) is 2.65. The number of pyridine rings is 1. The number of hydrogen-bond acceptors (Lipinski definition) is 6. The van der Waals surface area contributed by atoms with Crippen LogP contribution in [0.25, 0.3) is 0 Å². The van der Waals surface area contributed by atoms with Gasteiger partial charge in [-0.15, -0.1) is 0 Å². The lowest BCUT2D eigenvalue weighted by molar-refractivity contribution is -0.149.